The Kier molecular flexibility index (Phi) is 16.2. The van der Waals surface area contributed by atoms with E-state index < -0.39 is 81.2 Å². The molecular weight excluding hydrogens is 903 g/mol. The number of hydrogen-bond acceptors (Lipinski definition) is 16. The monoisotopic (exact) mass is 964 g/mol. The van der Waals surface area contributed by atoms with E-state index >= 15 is 0 Å². The number of fused-ring (bicyclic) bond motifs is 5. The molecule has 17 nitrogen and oxygen atoms in total. The molecular formula is C43H61IN6O11. The van der Waals surface area contributed by atoms with Crippen LogP contribution in [0.4, 0.5) is 5.82 Å². The maximum Gasteiger partial charge on any atom is 0.317 e. The molecule has 0 aliphatic carbocycles. The summed E-state index contributed by atoms with van der Waals surface area (Å²) in [6.45, 7) is 12.8. The fourth-order valence-corrected chi connectivity index (χ4v) is 9.08. The normalized spacial score (nSPS) is 37.1. The van der Waals surface area contributed by atoms with Gasteiger partial charge in [0.05, 0.1) is 48.5 Å². The molecule has 3 aliphatic heterocycles. The molecule has 5 heterocycles. The predicted octanol–water partition coefficient (Wildman–Crippen LogP) is 4.14. The van der Waals surface area contributed by atoms with Crippen LogP contribution in [0, 0.1) is 23.7 Å². The number of pyridine rings is 2. The first-order chi connectivity index (χ1) is 28.6. The van der Waals surface area contributed by atoms with Crippen molar-refractivity contribution in [1.29, 1.82) is 0 Å². The van der Waals surface area contributed by atoms with E-state index in [9.17, 15) is 24.6 Å². The van der Waals surface area contributed by atoms with Crippen molar-refractivity contribution in [3.63, 3.8) is 0 Å². The molecule has 3 saturated heterocycles. The number of hydrogen-bond donors (Lipinski definition) is 3. The molecule has 0 aromatic carbocycles. The number of esters is 1. The third-order valence-electron chi connectivity index (χ3n) is 11.8. The number of aliphatic imine (C=N–C) groups is 1. The van der Waals surface area contributed by atoms with Crippen LogP contribution in [0.25, 0.3) is 11.4 Å². The Morgan fingerprint density at radius 2 is 1.79 bits per heavy atom. The summed E-state index contributed by atoms with van der Waals surface area (Å²) in [5.74, 6) is -5.07. The highest BCUT2D eigenvalue weighted by atomic mass is 127. The van der Waals surface area contributed by atoms with E-state index in [-0.39, 0.29) is 44.1 Å². The number of aliphatic hydroxyl groups is 2. The Labute approximate surface area is 371 Å². The quantitative estimate of drug-likeness (QED) is 0.117. The standard InChI is InChI=1S/C43H61IN6O11/c1-22-17-42(7)37(60-40-36(53)32(50(9)10)16-23(2)59-40)25(4)35(52)26(5)39(54)61-41(44)43(8,55)38(24(3)34(22)47-27(6)51)56-20-29(21-57-42)49-58-19-28-14-15-30(46-18-28)31-12-11-13-33(45)48-31/h11-15,18,22-26,32,36-38,40-41,53,55H,16-17,19-21H2,1-10H3,(H2,45,48)/b47-34+,49-29+/t22-,23-,24+,25+,26-,32+,36-,37-,38-,40+,41+,42-,43+/m1/s1. The van der Waals surface area contributed by atoms with Gasteiger partial charge in [-0.15, -0.1) is 0 Å². The second kappa shape index (κ2) is 20.3. The molecule has 2 bridgehead atoms. The van der Waals surface area contributed by atoms with Gasteiger partial charge in [-0.2, -0.15) is 0 Å². The minimum absolute atomic E-state index is 0.0193. The summed E-state index contributed by atoms with van der Waals surface area (Å²) in [5.41, 5.74) is 5.16. The van der Waals surface area contributed by atoms with Crippen molar-refractivity contribution in [1.82, 2.24) is 14.9 Å². The second-order valence-corrected chi connectivity index (χ2v) is 18.4. The number of halogens is 1. The highest BCUT2D eigenvalue weighted by molar-refractivity contribution is 14.1. The van der Waals surface area contributed by atoms with Gasteiger partial charge in [0, 0.05) is 42.3 Å². The summed E-state index contributed by atoms with van der Waals surface area (Å²) in [7, 11) is 3.72. The van der Waals surface area contributed by atoms with Crippen molar-refractivity contribution < 1.29 is 53.1 Å². The van der Waals surface area contributed by atoms with E-state index in [0.29, 0.717) is 34.9 Å². The largest absolute Gasteiger partial charge is 0.448 e. The smallest absolute Gasteiger partial charge is 0.317 e. The number of nitrogens with zero attached hydrogens (tertiary/aromatic N) is 5. The number of carbonyl (C=O) groups excluding carboxylic acids is 3. The van der Waals surface area contributed by atoms with Crippen LogP contribution >= 0.6 is 22.6 Å². The Balaban J connectivity index is 1.60. The van der Waals surface area contributed by atoms with E-state index in [1.54, 1.807) is 45.2 Å². The molecule has 0 spiro atoms. The van der Waals surface area contributed by atoms with Gasteiger partial charge in [0.1, 0.15) is 35.8 Å². The molecule has 0 saturated carbocycles. The molecule has 4 N–H and O–H groups in total. The number of aliphatic hydroxyl groups excluding tert-OH is 1. The Morgan fingerprint density at radius 1 is 1.07 bits per heavy atom. The first-order valence-corrected chi connectivity index (χ1v) is 21.8. The van der Waals surface area contributed by atoms with E-state index in [2.05, 4.69) is 20.1 Å². The maximum absolute atomic E-state index is 14.4. The average Bonchev–Trinajstić information content (AvgIpc) is 3.21. The summed E-state index contributed by atoms with van der Waals surface area (Å²) in [5, 5.41) is 28.4. The topological polar surface area (TPSA) is 227 Å². The number of amides is 1. The lowest BCUT2D eigenvalue weighted by molar-refractivity contribution is -0.296. The molecule has 1 amide bonds. The first kappa shape index (κ1) is 48.5. The number of cyclic esters (lactones) is 1. The van der Waals surface area contributed by atoms with Crippen LogP contribution in [-0.2, 0) is 49.5 Å². The highest BCUT2D eigenvalue weighted by Crippen LogP contribution is 2.40. The van der Waals surface area contributed by atoms with Crippen molar-refractivity contribution in [2.24, 2.45) is 33.8 Å². The van der Waals surface area contributed by atoms with Crippen LogP contribution in [0.1, 0.15) is 73.8 Å². The van der Waals surface area contributed by atoms with E-state index in [4.69, 9.17) is 34.3 Å². The average molecular weight is 965 g/mol. The van der Waals surface area contributed by atoms with Crippen molar-refractivity contribution >= 4 is 57.5 Å². The number of carbonyl (C=O) groups is 3. The molecule has 2 aromatic heterocycles. The summed E-state index contributed by atoms with van der Waals surface area (Å²) in [4.78, 5) is 62.0. The van der Waals surface area contributed by atoms with Crippen molar-refractivity contribution in [2.45, 2.75) is 127 Å². The Hall–Kier alpha value is -3.50. The van der Waals surface area contributed by atoms with Crippen molar-refractivity contribution in [3.05, 3.63) is 42.1 Å². The number of rotatable bonds is 7. The van der Waals surface area contributed by atoms with Gasteiger partial charge in [-0.05, 0) is 101 Å². The van der Waals surface area contributed by atoms with Crippen LogP contribution < -0.4 is 5.73 Å². The molecule has 13 atom stereocenters. The zero-order chi connectivity index (χ0) is 45.0. The number of ketones is 1. The lowest BCUT2D eigenvalue weighted by atomic mass is 9.74. The number of oxime groups is 1. The number of aromatic nitrogens is 2. The molecule has 3 fully saturated rings. The minimum Gasteiger partial charge on any atom is -0.448 e. The summed E-state index contributed by atoms with van der Waals surface area (Å²) in [6.07, 6.45) is -2.61. The van der Waals surface area contributed by atoms with Crippen LogP contribution in [0.2, 0.25) is 0 Å². The number of alkyl halides is 1. The molecule has 18 heteroatoms. The summed E-state index contributed by atoms with van der Waals surface area (Å²) in [6, 6.07) is 8.60. The summed E-state index contributed by atoms with van der Waals surface area (Å²) < 4.78 is 31.0. The molecule has 336 valence electrons. The molecule has 61 heavy (non-hydrogen) atoms. The van der Waals surface area contributed by atoms with Crippen LogP contribution in [0.15, 0.2) is 46.7 Å². The number of nitrogen functional groups attached to an aromatic ring is 1. The fourth-order valence-electron chi connectivity index (χ4n) is 8.47. The first-order valence-electron chi connectivity index (χ1n) is 20.6. The van der Waals surface area contributed by atoms with Crippen LogP contribution in [0.5, 0.6) is 0 Å². The van der Waals surface area contributed by atoms with Crippen LogP contribution in [0.3, 0.4) is 0 Å². The minimum atomic E-state index is -1.89. The van der Waals surface area contributed by atoms with Gasteiger partial charge >= 0.3 is 5.97 Å². The molecule has 3 aliphatic rings. The third kappa shape index (κ3) is 11.6. The van der Waals surface area contributed by atoms with Crippen molar-refractivity contribution in [2.75, 3.05) is 33.0 Å². The predicted molar refractivity (Wildman–Crippen MR) is 234 cm³/mol. The molecule has 5 rings (SSSR count). The SMILES string of the molecule is CC(=O)/N=C1\[C@H](C)C[C@@]2(C)OC/C(=N/OCc3ccc(-c4cccc(N)n4)nc3)CO[C@H]([C@H]1C)[C@](C)(O)[C@@H](I)OC(=O)[C@H](C)C(=O)[C@H](C)[C@H]2O[C@@H]1O[C@H](C)C[C@H](N(C)C)[C@H]1O. The second-order valence-electron chi connectivity index (χ2n) is 17.2. The summed E-state index contributed by atoms with van der Waals surface area (Å²) >= 11 is 1.82. The number of anilines is 1. The van der Waals surface area contributed by atoms with Crippen LogP contribution in [-0.4, -0.2) is 134 Å². The van der Waals surface area contributed by atoms with Gasteiger partial charge < -0.3 is 49.4 Å². The van der Waals surface area contributed by atoms with Gasteiger partial charge in [-0.25, -0.2) is 9.98 Å². The fraction of sp³-hybridized carbons (Fsp3) is 0.651. The third-order valence-corrected chi connectivity index (χ3v) is 13.3. The Morgan fingerprint density at radius 3 is 2.43 bits per heavy atom. The van der Waals surface area contributed by atoms with Crippen molar-refractivity contribution in [3.8, 4) is 11.4 Å². The van der Waals surface area contributed by atoms with E-state index in [1.165, 1.54) is 20.8 Å². The maximum atomic E-state index is 14.4. The molecule has 0 unspecified atom stereocenters. The lowest BCUT2D eigenvalue weighted by Gasteiger charge is -2.47. The van der Waals surface area contributed by atoms with Gasteiger partial charge in [0.25, 0.3) is 0 Å². The molecule has 2 aromatic rings. The highest BCUT2D eigenvalue weighted by Gasteiger charge is 2.53. The number of Topliss-reactive ketones (excluding diaryl/α,β-unsaturated/α-hetero) is 1. The van der Waals surface area contributed by atoms with Gasteiger partial charge in [-0.1, -0.05) is 38.1 Å². The molecule has 0 radical (unpaired) electrons. The number of nitrogens with two attached hydrogens (primary N) is 1. The lowest BCUT2D eigenvalue weighted by Crippen LogP contribution is -2.60. The zero-order valence-corrected chi connectivity index (χ0v) is 38.8. The van der Waals surface area contributed by atoms with E-state index in [1.807, 2.05) is 67.6 Å². The van der Waals surface area contributed by atoms with Gasteiger partial charge in [-0.3, -0.25) is 19.4 Å². The van der Waals surface area contributed by atoms with Gasteiger partial charge in [0.15, 0.2) is 16.2 Å². The Bertz CT molecular complexity index is 1930. The van der Waals surface area contributed by atoms with Gasteiger partial charge in [0.2, 0.25) is 5.91 Å². The van der Waals surface area contributed by atoms with E-state index in [0.717, 1.165) is 0 Å². The number of ether oxygens (including phenoxy) is 5. The zero-order valence-electron chi connectivity index (χ0n) is 36.6. The number of likely N-dealkylation sites (N-methyl/N-ethyl adjacent to an activating group) is 1.